The molecule has 0 bridgehead atoms. The molecule has 6 N–H and O–H groups in total. The van der Waals surface area contributed by atoms with Crippen molar-refractivity contribution in [2.75, 3.05) is 39.3 Å². The molecule has 0 heterocycles. The van der Waals surface area contributed by atoms with Crippen molar-refractivity contribution < 1.29 is 0 Å². The molecular formula is C14H32N4. The molecule has 0 aromatic carbocycles. The van der Waals surface area contributed by atoms with Crippen molar-refractivity contribution in [2.24, 2.45) is 23.3 Å². The van der Waals surface area contributed by atoms with Crippen LogP contribution in [0.25, 0.3) is 0 Å². The summed E-state index contributed by atoms with van der Waals surface area (Å²) in [5.41, 5.74) is 11.0. The van der Waals surface area contributed by atoms with Gasteiger partial charge in [0.15, 0.2) is 0 Å². The molecule has 0 aromatic rings. The predicted molar refractivity (Wildman–Crippen MR) is 78.5 cm³/mol. The summed E-state index contributed by atoms with van der Waals surface area (Å²) in [7, 11) is 0. The van der Waals surface area contributed by atoms with Crippen LogP contribution in [0.5, 0.6) is 0 Å². The third kappa shape index (κ3) is 7.31. The van der Waals surface area contributed by atoms with Crippen molar-refractivity contribution in [3.8, 4) is 0 Å². The second kappa shape index (κ2) is 10.7. The largest absolute Gasteiger partial charge is 0.330 e. The van der Waals surface area contributed by atoms with Crippen LogP contribution in [0.4, 0.5) is 0 Å². The van der Waals surface area contributed by atoms with E-state index in [1.165, 1.54) is 38.8 Å². The van der Waals surface area contributed by atoms with Gasteiger partial charge in [-0.05, 0) is 83.2 Å². The summed E-state index contributed by atoms with van der Waals surface area (Å²) in [5, 5.41) is 7.07. The van der Waals surface area contributed by atoms with E-state index in [1.807, 2.05) is 0 Å². The Morgan fingerprint density at radius 2 is 1.33 bits per heavy atom. The highest BCUT2D eigenvalue weighted by Gasteiger charge is 2.21. The molecule has 2 atom stereocenters. The smallest absolute Gasteiger partial charge is 0.00204 e. The summed E-state index contributed by atoms with van der Waals surface area (Å²) in [4.78, 5) is 0. The first-order chi connectivity index (χ1) is 8.86. The predicted octanol–water partition coefficient (Wildman–Crippen LogP) is 0.670. The summed E-state index contributed by atoms with van der Waals surface area (Å²) in [6, 6.07) is 0. The lowest BCUT2D eigenvalue weighted by Gasteiger charge is -2.29. The molecule has 1 aliphatic rings. The van der Waals surface area contributed by atoms with Gasteiger partial charge in [-0.1, -0.05) is 6.42 Å². The van der Waals surface area contributed by atoms with Crippen LogP contribution in [0.15, 0.2) is 0 Å². The Kier molecular flexibility index (Phi) is 9.48. The Bertz CT molecular complexity index is 169. The van der Waals surface area contributed by atoms with Crippen LogP contribution in [0.3, 0.4) is 0 Å². The number of nitrogens with two attached hydrogens (primary N) is 2. The summed E-state index contributed by atoms with van der Waals surface area (Å²) < 4.78 is 0. The van der Waals surface area contributed by atoms with E-state index in [2.05, 4.69) is 10.6 Å². The third-order valence-corrected chi connectivity index (χ3v) is 3.87. The van der Waals surface area contributed by atoms with Gasteiger partial charge in [-0.3, -0.25) is 0 Å². The number of hydrogen-bond donors (Lipinski definition) is 4. The van der Waals surface area contributed by atoms with E-state index in [4.69, 9.17) is 11.5 Å². The first-order valence-electron chi connectivity index (χ1n) is 7.68. The van der Waals surface area contributed by atoms with E-state index in [0.717, 1.165) is 50.9 Å². The van der Waals surface area contributed by atoms with Gasteiger partial charge in [-0.25, -0.2) is 0 Å². The zero-order valence-electron chi connectivity index (χ0n) is 11.8. The average molecular weight is 256 g/mol. The van der Waals surface area contributed by atoms with Crippen LogP contribution in [0.2, 0.25) is 0 Å². The Labute approximate surface area is 112 Å². The van der Waals surface area contributed by atoms with Gasteiger partial charge in [-0.2, -0.15) is 0 Å². The van der Waals surface area contributed by atoms with Crippen molar-refractivity contribution in [3.63, 3.8) is 0 Å². The van der Waals surface area contributed by atoms with Crippen LogP contribution < -0.4 is 22.1 Å². The summed E-state index contributed by atoms with van der Waals surface area (Å²) in [6.45, 7) is 6.11. The maximum absolute atomic E-state index is 5.49. The third-order valence-electron chi connectivity index (χ3n) is 3.87. The van der Waals surface area contributed by atoms with Crippen molar-refractivity contribution in [3.05, 3.63) is 0 Å². The molecule has 4 nitrogen and oxygen atoms in total. The normalized spacial score (nSPS) is 24.3. The standard InChI is InChI=1S/C14H32N4/c15-6-2-8-17-11-13-4-1-5-14(10-13)12-18-9-3-7-16/h13-14,17-18H,1-12,15-16H2. The van der Waals surface area contributed by atoms with Crippen LogP contribution >= 0.6 is 0 Å². The zero-order chi connectivity index (χ0) is 13.1. The van der Waals surface area contributed by atoms with Crippen LogP contribution in [0.1, 0.15) is 38.5 Å². The Hall–Kier alpha value is -0.160. The van der Waals surface area contributed by atoms with Crippen molar-refractivity contribution >= 4 is 0 Å². The molecule has 108 valence electrons. The van der Waals surface area contributed by atoms with Gasteiger partial charge in [-0.15, -0.1) is 0 Å². The second-order valence-electron chi connectivity index (χ2n) is 5.59. The van der Waals surface area contributed by atoms with Gasteiger partial charge >= 0.3 is 0 Å². The summed E-state index contributed by atoms with van der Waals surface area (Å²) in [6.07, 6.45) is 7.76. The molecule has 0 spiro atoms. The summed E-state index contributed by atoms with van der Waals surface area (Å²) in [5.74, 6) is 1.75. The molecule has 1 rings (SSSR count). The Morgan fingerprint density at radius 1 is 0.833 bits per heavy atom. The maximum atomic E-state index is 5.49. The molecule has 0 aromatic heterocycles. The first kappa shape index (κ1) is 15.9. The molecule has 1 saturated carbocycles. The molecular weight excluding hydrogens is 224 g/mol. The molecule has 0 radical (unpaired) electrons. The average Bonchev–Trinajstić information content (AvgIpc) is 2.40. The highest BCUT2D eigenvalue weighted by Crippen LogP contribution is 2.28. The SMILES string of the molecule is NCCCNCC1CCCC(CNCCCN)C1. The molecule has 2 unspecified atom stereocenters. The van der Waals surface area contributed by atoms with Gasteiger partial charge < -0.3 is 22.1 Å². The van der Waals surface area contributed by atoms with Gasteiger partial charge in [0.05, 0.1) is 0 Å². The fourth-order valence-electron chi connectivity index (χ4n) is 2.84. The van der Waals surface area contributed by atoms with Crippen LogP contribution in [-0.4, -0.2) is 39.3 Å². The van der Waals surface area contributed by atoms with Gasteiger partial charge in [0.2, 0.25) is 0 Å². The number of hydrogen-bond acceptors (Lipinski definition) is 4. The number of nitrogens with one attached hydrogen (secondary N) is 2. The van der Waals surface area contributed by atoms with Gasteiger partial charge in [0.1, 0.15) is 0 Å². The lowest BCUT2D eigenvalue weighted by Crippen LogP contribution is -2.33. The molecule has 0 amide bonds. The number of rotatable bonds is 10. The summed E-state index contributed by atoms with van der Waals surface area (Å²) >= 11 is 0. The van der Waals surface area contributed by atoms with E-state index in [0.29, 0.717) is 0 Å². The topological polar surface area (TPSA) is 76.1 Å². The lowest BCUT2D eigenvalue weighted by atomic mass is 9.81. The minimum Gasteiger partial charge on any atom is -0.330 e. The zero-order valence-corrected chi connectivity index (χ0v) is 11.8. The fourth-order valence-corrected chi connectivity index (χ4v) is 2.84. The van der Waals surface area contributed by atoms with Gasteiger partial charge in [0.25, 0.3) is 0 Å². The molecule has 0 aliphatic heterocycles. The highest BCUT2D eigenvalue weighted by molar-refractivity contribution is 4.76. The first-order valence-corrected chi connectivity index (χ1v) is 7.68. The fraction of sp³-hybridized carbons (Fsp3) is 1.00. The molecule has 1 fully saturated rings. The highest BCUT2D eigenvalue weighted by atomic mass is 14.9. The molecule has 0 saturated heterocycles. The Balaban J connectivity index is 2.04. The van der Waals surface area contributed by atoms with E-state index in [-0.39, 0.29) is 0 Å². The quantitative estimate of drug-likeness (QED) is 0.433. The van der Waals surface area contributed by atoms with Crippen molar-refractivity contribution in [1.29, 1.82) is 0 Å². The molecule has 18 heavy (non-hydrogen) atoms. The van der Waals surface area contributed by atoms with Crippen LogP contribution in [-0.2, 0) is 0 Å². The Morgan fingerprint density at radius 3 is 1.78 bits per heavy atom. The van der Waals surface area contributed by atoms with Crippen molar-refractivity contribution in [1.82, 2.24) is 10.6 Å². The monoisotopic (exact) mass is 256 g/mol. The molecule has 4 heteroatoms. The van der Waals surface area contributed by atoms with Crippen molar-refractivity contribution in [2.45, 2.75) is 38.5 Å². The van der Waals surface area contributed by atoms with E-state index in [1.54, 1.807) is 0 Å². The van der Waals surface area contributed by atoms with E-state index in [9.17, 15) is 0 Å². The van der Waals surface area contributed by atoms with Gasteiger partial charge in [0, 0.05) is 0 Å². The van der Waals surface area contributed by atoms with Crippen LogP contribution in [0, 0.1) is 11.8 Å². The van der Waals surface area contributed by atoms with E-state index < -0.39 is 0 Å². The second-order valence-corrected chi connectivity index (χ2v) is 5.59. The van der Waals surface area contributed by atoms with E-state index >= 15 is 0 Å². The minimum absolute atomic E-state index is 0.797. The maximum Gasteiger partial charge on any atom is -0.00204 e. The minimum atomic E-state index is 0.797. The lowest BCUT2D eigenvalue weighted by molar-refractivity contribution is 0.253. The molecule has 1 aliphatic carbocycles.